The van der Waals surface area contributed by atoms with Crippen molar-refractivity contribution >= 4 is 11.9 Å². The topological polar surface area (TPSA) is 55.4 Å². The third-order valence-corrected chi connectivity index (χ3v) is 3.87. The molecule has 4 heteroatoms. The smallest absolute Gasteiger partial charge is 0.307 e. The van der Waals surface area contributed by atoms with E-state index in [1.165, 1.54) is 19.3 Å². The highest BCUT2D eigenvalue weighted by Gasteiger charge is 2.20. The summed E-state index contributed by atoms with van der Waals surface area (Å²) in [4.78, 5) is 23.3. The molecule has 1 saturated carbocycles. The van der Waals surface area contributed by atoms with Gasteiger partial charge in [0.1, 0.15) is 0 Å². The van der Waals surface area contributed by atoms with Gasteiger partial charge < -0.3 is 10.1 Å². The van der Waals surface area contributed by atoms with Crippen LogP contribution in [-0.2, 0) is 14.3 Å². The quantitative estimate of drug-likeness (QED) is 0.522. The van der Waals surface area contributed by atoms with Crippen LogP contribution in [0.3, 0.4) is 0 Å². The van der Waals surface area contributed by atoms with Crippen LogP contribution in [0.1, 0.15) is 71.1 Å². The van der Waals surface area contributed by atoms with Gasteiger partial charge in [0.15, 0.2) is 0 Å². The van der Waals surface area contributed by atoms with Crippen LogP contribution in [0.15, 0.2) is 0 Å². The van der Waals surface area contributed by atoms with Crippen molar-refractivity contribution in [3.8, 4) is 0 Å². The predicted molar refractivity (Wildman–Crippen MR) is 79.3 cm³/mol. The molecular formula is C16H29NO3. The van der Waals surface area contributed by atoms with Crippen LogP contribution < -0.4 is 5.32 Å². The highest BCUT2D eigenvalue weighted by atomic mass is 16.5. The molecule has 20 heavy (non-hydrogen) atoms. The van der Waals surface area contributed by atoms with Gasteiger partial charge in [0.05, 0.1) is 13.0 Å². The zero-order valence-corrected chi connectivity index (χ0v) is 12.8. The van der Waals surface area contributed by atoms with Gasteiger partial charge in [0.25, 0.3) is 0 Å². The van der Waals surface area contributed by atoms with Crippen LogP contribution in [0.4, 0.5) is 0 Å². The van der Waals surface area contributed by atoms with Gasteiger partial charge in [-0.15, -0.1) is 0 Å². The molecule has 4 nitrogen and oxygen atoms in total. The van der Waals surface area contributed by atoms with Gasteiger partial charge in [-0.1, -0.05) is 45.4 Å². The number of carbonyl (C=O) groups is 2. The van der Waals surface area contributed by atoms with E-state index in [9.17, 15) is 9.59 Å². The molecule has 0 aromatic heterocycles. The summed E-state index contributed by atoms with van der Waals surface area (Å²) in [7, 11) is 0. The van der Waals surface area contributed by atoms with Gasteiger partial charge in [-0.25, -0.2) is 0 Å². The van der Waals surface area contributed by atoms with Crippen LogP contribution in [0.5, 0.6) is 0 Å². The molecule has 0 bridgehead atoms. The number of hydrogen-bond acceptors (Lipinski definition) is 3. The number of nitrogens with one attached hydrogen (secondary N) is 1. The molecule has 0 atom stereocenters. The fraction of sp³-hybridized carbons (Fsp3) is 0.875. The van der Waals surface area contributed by atoms with Crippen LogP contribution in [-0.4, -0.2) is 25.0 Å². The van der Waals surface area contributed by atoms with E-state index in [2.05, 4.69) is 12.2 Å². The van der Waals surface area contributed by atoms with Gasteiger partial charge in [-0.05, 0) is 19.3 Å². The second kappa shape index (κ2) is 10.7. The molecule has 0 heterocycles. The Kier molecular flexibility index (Phi) is 9.09. The minimum Gasteiger partial charge on any atom is -0.466 e. The molecule has 0 aromatic rings. The molecule has 1 N–H and O–H groups in total. The zero-order chi connectivity index (χ0) is 14.6. The number of esters is 1. The third kappa shape index (κ3) is 7.51. The normalized spacial score (nSPS) is 15.8. The van der Waals surface area contributed by atoms with E-state index in [0.717, 1.165) is 38.5 Å². The molecule has 0 saturated heterocycles. The van der Waals surface area contributed by atoms with Crippen molar-refractivity contribution in [3.63, 3.8) is 0 Å². The van der Waals surface area contributed by atoms with Crippen LogP contribution in [0, 0.1) is 5.92 Å². The van der Waals surface area contributed by atoms with E-state index in [0.29, 0.717) is 13.2 Å². The molecule has 0 aliphatic heterocycles. The van der Waals surface area contributed by atoms with Crippen molar-refractivity contribution in [2.45, 2.75) is 71.1 Å². The maximum atomic E-state index is 11.8. The molecule has 0 aromatic carbocycles. The molecule has 1 aliphatic rings. The average molecular weight is 283 g/mol. The first-order valence-electron chi connectivity index (χ1n) is 8.17. The first-order chi connectivity index (χ1) is 9.74. The molecule has 0 unspecified atom stereocenters. The Morgan fingerprint density at radius 3 is 2.55 bits per heavy atom. The summed E-state index contributed by atoms with van der Waals surface area (Å²) in [5.74, 6) is 0.0692. The molecule has 1 fully saturated rings. The third-order valence-electron chi connectivity index (χ3n) is 3.87. The minimum absolute atomic E-state index is 0.112. The molecule has 1 amide bonds. The van der Waals surface area contributed by atoms with E-state index < -0.39 is 0 Å². The van der Waals surface area contributed by atoms with Gasteiger partial charge in [-0.2, -0.15) is 0 Å². The number of hydrogen-bond donors (Lipinski definition) is 1. The fourth-order valence-corrected chi connectivity index (χ4v) is 2.58. The van der Waals surface area contributed by atoms with E-state index in [-0.39, 0.29) is 24.2 Å². The van der Waals surface area contributed by atoms with Crippen molar-refractivity contribution in [1.29, 1.82) is 0 Å². The summed E-state index contributed by atoms with van der Waals surface area (Å²) in [6, 6.07) is 0. The number of unbranched alkanes of at least 4 members (excludes halogenated alkanes) is 3. The van der Waals surface area contributed by atoms with Crippen LogP contribution in [0.25, 0.3) is 0 Å². The Hall–Kier alpha value is -1.06. The summed E-state index contributed by atoms with van der Waals surface area (Å²) in [5, 5.41) is 2.85. The summed E-state index contributed by atoms with van der Waals surface area (Å²) in [5.41, 5.74) is 0. The lowest BCUT2D eigenvalue weighted by atomic mass is 9.89. The Morgan fingerprint density at radius 1 is 1.10 bits per heavy atom. The largest absolute Gasteiger partial charge is 0.466 e. The number of ether oxygens (including phenoxy) is 1. The SMILES string of the molecule is CCCCCCOC(=O)CCNC(=O)C1CCCCC1. The van der Waals surface area contributed by atoms with Gasteiger partial charge in [0, 0.05) is 12.5 Å². The van der Waals surface area contributed by atoms with Crippen molar-refractivity contribution in [2.75, 3.05) is 13.2 Å². The maximum absolute atomic E-state index is 11.8. The maximum Gasteiger partial charge on any atom is 0.307 e. The number of rotatable bonds is 9. The molecule has 1 aliphatic carbocycles. The van der Waals surface area contributed by atoms with Crippen molar-refractivity contribution < 1.29 is 14.3 Å². The lowest BCUT2D eigenvalue weighted by Crippen LogP contribution is -2.33. The van der Waals surface area contributed by atoms with Crippen LogP contribution >= 0.6 is 0 Å². The van der Waals surface area contributed by atoms with Crippen LogP contribution in [0.2, 0.25) is 0 Å². The minimum atomic E-state index is -0.203. The lowest BCUT2D eigenvalue weighted by molar-refractivity contribution is -0.143. The van der Waals surface area contributed by atoms with Crippen molar-refractivity contribution in [1.82, 2.24) is 5.32 Å². The lowest BCUT2D eigenvalue weighted by Gasteiger charge is -2.20. The Labute approximate surface area is 122 Å². The van der Waals surface area contributed by atoms with E-state index in [1.807, 2.05) is 0 Å². The van der Waals surface area contributed by atoms with E-state index in [1.54, 1.807) is 0 Å². The van der Waals surface area contributed by atoms with E-state index >= 15 is 0 Å². The molecule has 0 radical (unpaired) electrons. The fourth-order valence-electron chi connectivity index (χ4n) is 2.58. The van der Waals surface area contributed by atoms with Gasteiger partial charge in [-0.3, -0.25) is 9.59 Å². The second-order valence-electron chi connectivity index (χ2n) is 5.66. The first kappa shape index (κ1) is 17.0. The molecular weight excluding hydrogens is 254 g/mol. The molecule has 0 spiro atoms. The standard InChI is InChI=1S/C16H29NO3/c1-2-3-4-8-13-20-15(18)11-12-17-16(19)14-9-6-5-7-10-14/h14H,2-13H2,1H3,(H,17,19). The average Bonchev–Trinajstić information content (AvgIpc) is 2.48. The Balaban J connectivity index is 1.99. The Morgan fingerprint density at radius 2 is 1.85 bits per heavy atom. The van der Waals surface area contributed by atoms with Gasteiger partial charge in [0.2, 0.25) is 5.91 Å². The second-order valence-corrected chi connectivity index (χ2v) is 5.66. The van der Waals surface area contributed by atoms with E-state index in [4.69, 9.17) is 4.74 Å². The summed E-state index contributed by atoms with van der Waals surface area (Å²) < 4.78 is 5.13. The zero-order valence-electron chi connectivity index (χ0n) is 12.8. The highest BCUT2D eigenvalue weighted by molar-refractivity contribution is 5.79. The van der Waals surface area contributed by atoms with Crippen molar-refractivity contribution in [2.24, 2.45) is 5.92 Å². The van der Waals surface area contributed by atoms with Gasteiger partial charge >= 0.3 is 5.97 Å². The number of amides is 1. The highest BCUT2D eigenvalue weighted by Crippen LogP contribution is 2.23. The predicted octanol–water partition coefficient (Wildman–Crippen LogP) is 3.20. The monoisotopic (exact) mass is 283 g/mol. The molecule has 1 rings (SSSR count). The summed E-state index contributed by atoms with van der Waals surface area (Å²) >= 11 is 0. The first-order valence-corrected chi connectivity index (χ1v) is 8.17. The van der Waals surface area contributed by atoms with Crippen molar-refractivity contribution in [3.05, 3.63) is 0 Å². The summed E-state index contributed by atoms with van der Waals surface area (Å²) in [6.45, 7) is 3.07. The summed E-state index contributed by atoms with van der Waals surface area (Å²) in [6.07, 6.45) is 10.2. The Bertz CT molecular complexity index is 285. The number of carbonyl (C=O) groups excluding carboxylic acids is 2. The molecule has 116 valence electrons.